The molecule has 4 heteroatoms. The summed E-state index contributed by atoms with van der Waals surface area (Å²) in [7, 11) is 2.07. The van der Waals surface area contributed by atoms with Crippen molar-refractivity contribution in [3.63, 3.8) is 0 Å². The van der Waals surface area contributed by atoms with Crippen molar-refractivity contribution >= 4 is 22.6 Å². The molecular weight excluding hydrogens is 250 g/mol. The van der Waals surface area contributed by atoms with Gasteiger partial charge in [-0.3, -0.25) is 4.79 Å². The number of anilines is 1. The molecule has 1 aliphatic carbocycles. The molecule has 0 aliphatic heterocycles. The van der Waals surface area contributed by atoms with E-state index in [9.17, 15) is 4.79 Å². The summed E-state index contributed by atoms with van der Waals surface area (Å²) >= 11 is 0. The average Bonchev–Trinajstić information content (AvgIpc) is 3.14. The zero-order chi connectivity index (χ0) is 14.5. The molecule has 1 heterocycles. The number of hydrogen-bond acceptors (Lipinski definition) is 2. The Morgan fingerprint density at radius 1 is 1.35 bits per heavy atom. The molecule has 2 aromatic rings. The van der Waals surface area contributed by atoms with Crippen LogP contribution in [0.2, 0.25) is 0 Å². The molecule has 1 fully saturated rings. The molecule has 0 bridgehead atoms. The first-order valence-electron chi connectivity index (χ1n) is 7.14. The number of fused-ring (bicyclic) bond motifs is 1. The number of benzene rings is 1. The van der Waals surface area contributed by atoms with Crippen LogP contribution in [0.5, 0.6) is 0 Å². The molecule has 1 amide bonds. The molecule has 1 aliphatic rings. The average molecular weight is 271 g/mol. The maximum absolute atomic E-state index is 12.0. The minimum atomic E-state index is -0.391. The third-order valence-electron chi connectivity index (χ3n) is 3.80. The van der Waals surface area contributed by atoms with Gasteiger partial charge in [-0.15, -0.1) is 0 Å². The van der Waals surface area contributed by atoms with Crippen LogP contribution in [0.3, 0.4) is 0 Å². The fourth-order valence-electron chi connectivity index (χ4n) is 2.32. The molecule has 1 saturated carbocycles. The Kier molecular flexibility index (Phi) is 2.85. The van der Waals surface area contributed by atoms with Crippen molar-refractivity contribution < 1.29 is 4.79 Å². The second-order valence-electron chi connectivity index (χ2n) is 6.71. The molecular formula is C16H21N3O. The van der Waals surface area contributed by atoms with E-state index in [4.69, 9.17) is 4.98 Å². The maximum Gasteiger partial charge on any atom is 0.229 e. The van der Waals surface area contributed by atoms with Crippen molar-refractivity contribution in [1.29, 1.82) is 0 Å². The van der Waals surface area contributed by atoms with Gasteiger partial charge in [-0.1, -0.05) is 20.8 Å². The predicted octanol–water partition coefficient (Wildman–Crippen LogP) is 3.44. The zero-order valence-corrected chi connectivity index (χ0v) is 12.5. The number of rotatable bonds is 2. The highest BCUT2D eigenvalue weighted by molar-refractivity contribution is 5.96. The van der Waals surface area contributed by atoms with Crippen LogP contribution in [-0.4, -0.2) is 15.5 Å². The second kappa shape index (κ2) is 4.33. The second-order valence-corrected chi connectivity index (χ2v) is 6.71. The lowest BCUT2D eigenvalue weighted by atomic mass is 9.95. The standard InChI is InChI=1S/C16H21N3O/c1-16(2,3)15(20)17-11-7-8-13-12(9-11)18-14(19(13)4)10-5-6-10/h7-10H,5-6H2,1-4H3,(H,17,20). The van der Waals surface area contributed by atoms with E-state index in [2.05, 4.69) is 16.9 Å². The first-order chi connectivity index (χ1) is 9.36. The first-order valence-corrected chi connectivity index (χ1v) is 7.14. The zero-order valence-electron chi connectivity index (χ0n) is 12.5. The van der Waals surface area contributed by atoms with Gasteiger partial charge in [-0.25, -0.2) is 4.98 Å². The Morgan fingerprint density at radius 3 is 2.65 bits per heavy atom. The smallest absolute Gasteiger partial charge is 0.229 e. The molecule has 1 aromatic heterocycles. The third kappa shape index (κ3) is 2.30. The quantitative estimate of drug-likeness (QED) is 0.909. The van der Waals surface area contributed by atoms with Crippen molar-refractivity contribution in [3.8, 4) is 0 Å². The highest BCUT2D eigenvalue weighted by Gasteiger charge is 2.28. The SMILES string of the molecule is Cn1c(C2CC2)nc2cc(NC(=O)C(C)(C)C)ccc21. The minimum absolute atomic E-state index is 0.0233. The molecule has 3 rings (SSSR count). The van der Waals surface area contributed by atoms with E-state index in [1.54, 1.807) is 0 Å². The Morgan fingerprint density at radius 2 is 2.05 bits per heavy atom. The van der Waals surface area contributed by atoms with Gasteiger partial charge in [0.05, 0.1) is 11.0 Å². The Bertz CT molecular complexity index is 675. The van der Waals surface area contributed by atoms with Crippen LogP contribution in [0.25, 0.3) is 11.0 Å². The summed E-state index contributed by atoms with van der Waals surface area (Å²) in [5.41, 5.74) is 2.51. The van der Waals surface area contributed by atoms with E-state index in [0.29, 0.717) is 5.92 Å². The minimum Gasteiger partial charge on any atom is -0.331 e. The van der Waals surface area contributed by atoms with Crippen molar-refractivity contribution in [2.75, 3.05) is 5.32 Å². The number of nitrogens with zero attached hydrogens (tertiary/aromatic N) is 2. The van der Waals surface area contributed by atoms with Gasteiger partial charge in [0.25, 0.3) is 0 Å². The van der Waals surface area contributed by atoms with Crippen LogP contribution in [-0.2, 0) is 11.8 Å². The van der Waals surface area contributed by atoms with Crippen molar-refractivity contribution in [1.82, 2.24) is 9.55 Å². The molecule has 0 spiro atoms. The molecule has 0 atom stereocenters. The predicted molar refractivity (Wildman–Crippen MR) is 80.8 cm³/mol. The van der Waals surface area contributed by atoms with Crippen molar-refractivity contribution in [2.45, 2.75) is 39.5 Å². The highest BCUT2D eigenvalue weighted by Crippen LogP contribution is 2.40. The maximum atomic E-state index is 12.0. The van der Waals surface area contributed by atoms with E-state index in [-0.39, 0.29) is 5.91 Å². The van der Waals surface area contributed by atoms with Gasteiger partial charge < -0.3 is 9.88 Å². The number of amides is 1. The number of imidazole rings is 1. The normalized spacial score (nSPS) is 15.6. The molecule has 0 unspecified atom stereocenters. The fraction of sp³-hybridized carbons (Fsp3) is 0.500. The largest absolute Gasteiger partial charge is 0.331 e. The molecule has 0 saturated heterocycles. The van der Waals surface area contributed by atoms with Gasteiger partial charge in [-0.2, -0.15) is 0 Å². The van der Waals surface area contributed by atoms with E-state index in [0.717, 1.165) is 16.7 Å². The van der Waals surface area contributed by atoms with E-state index < -0.39 is 5.41 Å². The van der Waals surface area contributed by atoms with Gasteiger partial charge in [0.2, 0.25) is 5.91 Å². The lowest BCUT2D eigenvalue weighted by Crippen LogP contribution is -2.27. The molecule has 1 aromatic carbocycles. The van der Waals surface area contributed by atoms with E-state index in [1.165, 1.54) is 18.7 Å². The number of aryl methyl sites for hydroxylation is 1. The van der Waals surface area contributed by atoms with E-state index in [1.807, 2.05) is 39.0 Å². The highest BCUT2D eigenvalue weighted by atomic mass is 16.2. The van der Waals surface area contributed by atoms with Crippen LogP contribution in [0.4, 0.5) is 5.69 Å². The van der Waals surface area contributed by atoms with E-state index >= 15 is 0 Å². The lowest BCUT2D eigenvalue weighted by molar-refractivity contribution is -0.123. The summed E-state index contributed by atoms with van der Waals surface area (Å²) in [6.45, 7) is 5.73. The summed E-state index contributed by atoms with van der Waals surface area (Å²) in [5.74, 6) is 1.81. The Balaban J connectivity index is 1.93. The summed E-state index contributed by atoms with van der Waals surface area (Å²) in [6, 6.07) is 5.95. The summed E-state index contributed by atoms with van der Waals surface area (Å²) in [6.07, 6.45) is 2.48. The molecule has 20 heavy (non-hydrogen) atoms. The van der Waals surface area contributed by atoms with Gasteiger partial charge in [-0.05, 0) is 31.0 Å². The number of carbonyl (C=O) groups is 1. The number of carbonyl (C=O) groups excluding carboxylic acids is 1. The van der Waals surface area contributed by atoms with Crippen LogP contribution in [0, 0.1) is 5.41 Å². The Hall–Kier alpha value is -1.84. The van der Waals surface area contributed by atoms with Gasteiger partial charge in [0, 0.05) is 24.1 Å². The third-order valence-corrected chi connectivity index (χ3v) is 3.80. The molecule has 1 N–H and O–H groups in total. The summed E-state index contributed by atoms with van der Waals surface area (Å²) in [4.78, 5) is 16.7. The number of aromatic nitrogens is 2. The topological polar surface area (TPSA) is 46.9 Å². The molecule has 0 radical (unpaired) electrons. The summed E-state index contributed by atoms with van der Waals surface area (Å²) < 4.78 is 2.17. The van der Waals surface area contributed by atoms with Gasteiger partial charge in [0.1, 0.15) is 5.82 Å². The monoisotopic (exact) mass is 271 g/mol. The molecule has 4 nitrogen and oxygen atoms in total. The molecule has 106 valence electrons. The van der Waals surface area contributed by atoms with Gasteiger partial charge >= 0.3 is 0 Å². The van der Waals surface area contributed by atoms with Crippen LogP contribution < -0.4 is 5.32 Å². The van der Waals surface area contributed by atoms with Crippen molar-refractivity contribution in [2.24, 2.45) is 12.5 Å². The first kappa shape index (κ1) is 13.2. The van der Waals surface area contributed by atoms with Gasteiger partial charge in [0.15, 0.2) is 0 Å². The van der Waals surface area contributed by atoms with Crippen LogP contribution in [0.15, 0.2) is 18.2 Å². The lowest BCUT2D eigenvalue weighted by Gasteiger charge is -2.17. The number of nitrogens with one attached hydrogen (secondary N) is 1. The summed E-state index contributed by atoms with van der Waals surface area (Å²) in [5, 5.41) is 2.96. The Labute approximate surface area is 119 Å². The van der Waals surface area contributed by atoms with Crippen LogP contribution in [0.1, 0.15) is 45.4 Å². The number of hydrogen-bond donors (Lipinski definition) is 1. The fourth-order valence-corrected chi connectivity index (χ4v) is 2.32. The van der Waals surface area contributed by atoms with Crippen molar-refractivity contribution in [3.05, 3.63) is 24.0 Å². The van der Waals surface area contributed by atoms with Crippen LogP contribution >= 0.6 is 0 Å².